The Hall–Kier alpha value is -2.57. The van der Waals surface area contributed by atoms with Gasteiger partial charge in [0.05, 0.1) is 22.1 Å². The molecule has 0 aliphatic heterocycles. The Bertz CT molecular complexity index is 1150. The first-order valence-corrected chi connectivity index (χ1v) is 10.4. The van der Waals surface area contributed by atoms with Crippen LogP contribution in [0.4, 0.5) is 5.69 Å². The molecular formula is C23H24N2O3S. The number of aryl methyl sites for hydroxylation is 1. The van der Waals surface area contributed by atoms with Gasteiger partial charge in [0.15, 0.2) is 5.78 Å². The van der Waals surface area contributed by atoms with Crippen LogP contribution in [-0.4, -0.2) is 27.3 Å². The molecule has 0 radical (unpaired) electrons. The van der Waals surface area contributed by atoms with Crippen LogP contribution in [0.15, 0.2) is 30.3 Å². The standard InChI is InChI=1S/C23H24N2O3S/c1-11-16-15(18-20(24)21(13(3)27)29-22(18)25-11)10-23(4,28)19(12(2)26)17(16)14-8-6-5-7-9-14/h5-9,17,19,28H,10,24H2,1-4H3. The number of ketones is 2. The molecule has 0 saturated heterocycles. The summed E-state index contributed by atoms with van der Waals surface area (Å²) in [5.74, 6) is -1.08. The van der Waals surface area contributed by atoms with Gasteiger partial charge in [-0.25, -0.2) is 4.98 Å². The molecule has 0 amide bonds. The molecule has 3 atom stereocenters. The summed E-state index contributed by atoms with van der Waals surface area (Å²) in [6, 6.07) is 9.76. The van der Waals surface area contributed by atoms with Crippen LogP contribution in [0.2, 0.25) is 0 Å². The zero-order valence-electron chi connectivity index (χ0n) is 16.9. The fourth-order valence-corrected chi connectivity index (χ4v) is 5.98. The third-order valence-corrected chi connectivity index (χ3v) is 7.18. The smallest absolute Gasteiger partial charge is 0.171 e. The molecular weight excluding hydrogens is 384 g/mol. The molecule has 0 saturated carbocycles. The maximum absolute atomic E-state index is 12.7. The van der Waals surface area contributed by atoms with Crippen LogP contribution in [0.25, 0.3) is 10.2 Å². The molecule has 3 aromatic rings. The second-order valence-electron chi connectivity index (χ2n) is 8.18. The Kier molecular flexibility index (Phi) is 4.59. The number of thiophene rings is 1. The topological polar surface area (TPSA) is 93.3 Å². The van der Waals surface area contributed by atoms with Gasteiger partial charge < -0.3 is 10.8 Å². The highest BCUT2D eigenvalue weighted by molar-refractivity contribution is 7.21. The number of carbonyl (C=O) groups is 2. The second-order valence-corrected chi connectivity index (χ2v) is 9.18. The van der Waals surface area contributed by atoms with E-state index in [4.69, 9.17) is 10.7 Å². The van der Waals surface area contributed by atoms with E-state index in [1.54, 1.807) is 6.92 Å². The summed E-state index contributed by atoms with van der Waals surface area (Å²) >= 11 is 1.29. The van der Waals surface area contributed by atoms with Crippen molar-refractivity contribution in [3.63, 3.8) is 0 Å². The average Bonchev–Trinajstić information content (AvgIpc) is 2.97. The zero-order chi connectivity index (χ0) is 21.1. The largest absolute Gasteiger partial charge is 0.397 e. The minimum absolute atomic E-state index is 0.0586. The minimum Gasteiger partial charge on any atom is -0.397 e. The van der Waals surface area contributed by atoms with Gasteiger partial charge in [-0.05, 0) is 37.5 Å². The number of anilines is 1. The number of fused-ring (bicyclic) bond motifs is 3. The lowest BCUT2D eigenvalue weighted by molar-refractivity contribution is -0.130. The molecule has 4 rings (SSSR count). The quantitative estimate of drug-likeness (QED) is 0.638. The number of rotatable bonds is 3. The monoisotopic (exact) mass is 408 g/mol. The number of Topliss-reactive ketones (excluding diaryl/α,β-unsaturated/α-hetero) is 2. The predicted molar refractivity (Wildman–Crippen MR) is 116 cm³/mol. The van der Waals surface area contributed by atoms with Crippen LogP contribution in [0.1, 0.15) is 58.7 Å². The number of pyridine rings is 1. The predicted octanol–water partition coefficient (Wildman–Crippen LogP) is 4.03. The minimum atomic E-state index is -1.25. The third kappa shape index (κ3) is 2.98. The molecule has 6 heteroatoms. The van der Waals surface area contributed by atoms with Crippen molar-refractivity contribution >= 4 is 38.8 Å². The van der Waals surface area contributed by atoms with Crippen LogP contribution in [-0.2, 0) is 11.2 Å². The van der Waals surface area contributed by atoms with Crippen molar-refractivity contribution in [3.05, 3.63) is 57.6 Å². The van der Waals surface area contributed by atoms with Gasteiger partial charge in [0, 0.05) is 30.3 Å². The van der Waals surface area contributed by atoms with Crippen LogP contribution in [0.3, 0.4) is 0 Å². The Morgan fingerprint density at radius 1 is 1.24 bits per heavy atom. The molecule has 0 bridgehead atoms. The highest BCUT2D eigenvalue weighted by Crippen LogP contribution is 2.50. The molecule has 3 N–H and O–H groups in total. The zero-order valence-corrected chi connectivity index (χ0v) is 17.8. The first-order valence-electron chi connectivity index (χ1n) is 9.63. The molecule has 2 heterocycles. The van der Waals surface area contributed by atoms with E-state index in [0.717, 1.165) is 27.8 Å². The summed E-state index contributed by atoms with van der Waals surface area (Å²) in [4.78, 5) is 30.7. The Labute approximate surface area is 173 Å². The van der Waals surface area contributed by atoms with E-state index in [-0.39, 0.29) is 23.9 Å². The summed E-state index contributed by atoms with van der Waals surface area (Å²) in [6.45, 7) is 6.67. The van der Waals surface area contributed by atoms with Crippen molar-refractivity contribution in [2.45, 2.75) is 45.6 Å². The fraction of sp³-hybridized carbons (Fsp3) is 0.348. The molecule has 150 valence electrons. The number of nitrogen functional groups attached to an aromatic ring is 1. The number of hydrogen-bond acceptors (Lipinski definition) is 6. The van der Waals surface area contributed by atoms with Crippen LogP contribution in [0, 0.1) is 12.8 Å². The molecule has 1 aliphatic carbocycles. The van der Waals surface area contributed by atoms with E-state index in [2.05, 4.69) is 0 Å². The lowest BCUT2D eigenvalue weighted by Gasteiger charge is -2.43. The van der Waals surface area contributed by atoms with E-state index in [0.29, 0.717) is 15.4 Å². The summed E-state index contributed by atoms with van der Waals surface area (Å²) in [5, 5.41) is 12.1. The lowest BCUT2D eigenvalue weighted by atomic mass is 9.62. The maximum Gasteiger partial charge on any atom is 0.171 e. The SMILES string of the molecule is CC(=O)c1sc2nc(C)c3c(c2c1N)CC(C)(O)C(C(C)=O)C3c1ccccc1. The van der Waals surface area contributed by atoms with Crippen LogP contribution >= 0.6 is 11.3 Å². The van der Waals surface area contributed by atoms with E-state index in [9.17, 15) is 14.7 Å². The molecule has 3 unspecified atom stereocenters. The number of hydrogen-bond donors (Lipinski definition) is 2. The second kappa shape index (κ2) is 6.75. The van der Waals surface area contributed by atoms with Crippen molar-refractivity contribution in [2.24, 2.45) is 5.92 Å². The Morgan fingerprint density at radius 2 is 1.90 bits per heavy atom. The summed E-state index contributed by atoms with van der Waals surface area (Å²) in [5.41, 5.74) is 9.15. The molecule has 2 aromatic heterocycles. The van der Waals surface area contributed by atoms with Gasteiger partial charge in [-0.3, -0.25) is 9.59 Å². The molecule has 0 fully saturated rings. The summed E-state index contributed by atoms with van der Waals surface area (Å²) in [7, 11) is 0. The van der Waals surface area contributed by atoms with Gasteiger partial charge >= 0.3 is 0 Å². The molecule has 1 aromatic carbocycles. The van der Waals surface area contributed by atoms with Crippen LogP contribution < -0.4 is 5.73 Å². The Balaban J connectivity index is 2.11. The summed E-state index contributed by atoms with van der Waals surface area (Å²) < 4.78 is 0. The number of nitrogens with two attached hydrogens (primary N) is 1. The first kappa shape index (κ1) is 19.7. The van der Waals surface area contributed by atoms with Crippen molar-refractivity contribution in [2.75, 3.05) is 5.73 Å². The molecule has 5 nitrogen and oxygen atoms in total. The van der Waals surface area contributed by atoms with E-state index < -0.39 is 11.5 Å². The van der Waals surface area contributed by atoms with Gasteiger partial charge in [0.2, 0.25) is 0 Å². The van der Waals surface area contributed by atoms with E-state index >= 15 is 0 Å². The third-order valence-electron chi connectivity index (χ3n) is 5.98. The normalized spacial score (nSPS) is 23.8. The van der Waals surface area contributed by atoms with E-state index in [1.165, 1.54) is 25.2 Å². The van der Waals surface area contributed by atoms with E-state index in [1.807, 2.05) is 37.3 Å². The average molecular weight is 409 g/mol. The molecule has 1 aliphatic rings. The number of nitrogens with zero attached hydrogens (tertiary/aromatic N) is 1. The van der Waals surface area contributed by atoms with Crippen molar-refractivity contribution in [1.29, 1.82) is 0 Å². The van der Waals surface area contributed by atoms with Crippen molar-refractivity contribution in [3.8, 4) is 0 Å². The summed E-state index contributed by atoms with van der Waals surface area (Å²) in [6.07, 6.45) is 0.286. The van der Waals surface area contributed by atoms with Gasteiger partial charge in [0.1, 0.15) is 10.6 Å². The highest BCUT2D eigenvalue weighted by Gasteiger charge is 2.48. The maximum atomic E-state index is 12.7. The van der Waals surface area contributed by atoms with Gasteiger partial charge in [-0.1, -0.05) is 30.3 Å². The lowest BCUT2D eigenvalue weighted by Crippen LogP contribution is -2.48. The van der Waals surface area contributed by atoms with Gasteiger partial charge in [-0.15, -0.1) is 11.3 Å². The Morgan fingerprint density at radius 3 is 2.48 bits per heavy atom. The van der Waals surface area contributed by atoms with Crippen molar-refractivity contribution < 1.29 is 14.7 Å². The number of aliphatic hydroxyl groups is 1. The molecule has 29 heavy (non-hydrogen) atoms. The fourth-order valence-electron chi connectivity index (χ4n) is 4.91. The highest BCUT2D eigenvalue weighted by atomic mass is 32.1. The molecule has 0 spiro atoms. The number of carbonyl (C=O) groups excluding carboxylic acids is 2. The number of aromatic nitrogens is 1. The van der Waals surface area contributed by atoms with Gasteiger partial charge in [0.25, 0.3) is 0 Å². The van der Waals surface area contributed by atoms with Crippen molar-refractivity contribution in [1.82, 2.24) is 4.98 Å². The first-order chi connectivity index (χ1) is 13.6. The van der Waals surface area contributed by atoms with Gasteiger partial charge in [-0.2, -0.15) is 0 Å². The van der Waals surface area contributed by atoms with Crippen LogP contribution in [0.5, 0.6) is 0 Å². The number of benzene rings is 1.